The minimum Gasteiger partial charge on any atom is -0.507 e. The number of carbonyl (C=O) groups excluding carboxylic acids is 1. The van der Waals surface area contributed by atoms with Gasteiger partial charge in [0.25, 0.3) is 11.6 Å². The van der Waals surface area contributed by atoms with Gasteiger partial charge < -0.3 is 5.11 Å². The normalized spacial score (nSPS) is 17.1. The first-order chi connectivity index (χ1) is 12.9. The Morgan fingerprint density at radius 3 is 2.63 bits per heavy atom. The highest BCUT2D eigenvalue weighted by Crippen LogP contribution is 2.36. The zero-order valence-electron chi connectivity index (χ0n) is 14.1. The second-order valence-corrected chi connectivity index (χ2v) is 6.54. The van der Waals surface area contributed by atoms with Gasteiger partial charge in [0.2, 0.25) is 0 Å². The van der Waals surface area contributed by atoms with Crippen LogP contribution < -0.4 is 0 Å². The number of non-ortho nitro benzene ring substituents is 1. The fraction of sp³-hybridized carbons (Fsp3) is 0.111. The molecule has 1 saturated heterocycles. The number of likely N-dealkylation sites (N-methyl/N-ethyl adjacent to an activating group) is 1. The number of carbonyl (C=O) groups is 1. The molecule has 2 aromatic rings. The molecule has 138 valence electrons. The topological polar surface area (TPSA) is 96.0 Å². The molecule has 3 rings (SSSR count). The van der Waals surface area contributed by atoms with E-state index in [0.717, 1.165) is 11.8 Å². The molecule has 1 N–H and O–H groups in total. The molecule has 1 fully saturated rings. The van der Waals surface area contributed by atoms with E-state index in [4.69, 9.17) is 0 Å². The molecule has 2 aromatic carbocycles. The van der Waals surface area contributed by atoms with E-state index in [2.05, 4.69) is 4.99 Å². The summed E-state index contributed by atoms with van der Waals surface area (Å²) in [4.78, 5) is 29.0. The fourth-order valence-corrected chi connectivity index (χ4v) is 3.46. The van der Waals surface area contributed by atoms with Crippen LogP contribution in [0.15, 0.2) is 52.4 Å². The van der Waals surface area contributed by atoms with Crippen LogP contribution in [0.3, 0.4) is 0 Å². The Labute approximate surface area is 158 Å². The smallest absolute Gasteiger partial charge is 0.270 e. The molecule has 1 aliphatic heterocycles. The largest absolute Gasteiger partial charge is 0.507 e. The van der Waals surface area contributed by atoms with Crippen molar-refractivity contribution in [3.63, 3.8) is 0 Å². The van der Waals surface area contributed by atoms with Crippen molar-refractivity contribution < 1.29 is 19.2 Å². The molecule has 0 bridgehead atoms. The molecular weight excluding hydrogens is 373 g/mol. The number of nitro groups is 1. The molecule has 0 aliphatic carbocycles. The molecule has 1 aliphatic rings. The molecule has 0 radical (unpaired) electrons. The number of amides is 1. The predicted octanol–water partition coefficient (Wildman–Crippen LogP) is 4.06. The number of thioether (sulfide) groups is 1. The lowest BCUT2D eigenvalue weighted by molar-refractivity contribution is -0.384. The Balaban J connectivity index is 1.97. The van der Waals surface area contributed by atoms with Crippen molar-refractivity contribution in [2.45, 2.75) is 6.92 Å². The Bertz CT molecular complexity index is 973. The summed E-state index contributed by atoms with van der Waals surface area (Å²) in [5.41, 5.74) is 0.464. The predicted molar refractivity (Wildman–Crippen MR) is 101 cm³/mol. The summed E-state index contributed by atoms with van der Waals surface area (Å²) >= 11 is 1.08. The number of benzene rings is 2. The van der Waals surface area contributed by atoms with Crippen LogP contribution in [0.2, 0.25) is 0 Å². The van der Waals surface area contributed by atoms with E-state index in [1.807, 2.05) is 0 Å². The van der Waals surface area contributed by atoms with Crippen LogP contribution >= 0.6 is 11.8 Å². The number of rotatable bonds is 4. The number of phenolic OH excluding ortho intramolecular Hbond substituents is 1. The molecule has 1 amide bonds. The van der Waals surface area contributed by atoms with Crippen molar-refractivity contribution in [2.24, 2.45) is 4.99 Å². The van der Waals surface area contributed by atoms with Gasteiger partial charge in [0, 0.05) is 24.2 Å². The number of aliphatic imine (C=N–C) groups is 1. The number of nitro benzene ring substituents is 1. The lowest BCUT2D eigenvalue weighted by Gasteiger charge is -2.11. The Hall–Kier alpha value is -3.20. The number of hydrogen-bond acceptors (Lipinski definition) is 6. The van der Waals surface area contributed by atoms with Gasteiger partial charge in [0.1, 0.15) is 11.6 Å². The summed E-state index contributed by atoms with van der Waals surface area (Å²) in [6.45, 7) is 2.15. The van der Waals surface area contributed by atoms with Gasteiger partial charge in [0.15, 0.2) is 5.17 Å². The molecule has 1 heterocycles. The van der Waals surface area contributed by atoms with Gasteiger partial charge in [-0.25, -0.2) is 9.38 Å². The van der Waals surface area contributed by atoms with Crippen molar-refractivity contribution in [2.75, 3.05) is 6.54 Å². The molecule has 9 heteroatoms. The fourth-order valence-electron chi connectivity index (χ4n) is 2.41. The zero-order valence-corrected chi connectivity index (χ0v) is 14.9. The average molecular weight is 387 g/mol. The summed E-state index contributed by atoms with van der Waals surface area (Å²) in [6, 6.07) is 9.12. The van der Waals surface area contributed by atoms with E-state index < -0.39 is 4.92 Å². The van der Waals surface area contributed by atoms with Gasteiger partial charge in [-0.1, -0.05) is 0 Å². The van der Waals surface area contributed by atoms with Gasteiger partial charge in [-0.2, -0.15) is 0 Å². The second-order valence-electron chi connectivity index (χ2n) is 5.53. The maximum absolute atomic E-state index is 13.0. The quantitative estimate of drug-likeness (QED) is 0.485. The number of nitrogens with zero attached hydrogens (tertiary/aromatic N) is 3. The third-order valence-electron chi connectivity index (χ3n) is 3.76. The monoisotopic (exact) mass is 387 g/mol. The highest BCUT2D eigenvalue weighted by molar-refractivity contribution is 8.18. The molecule has 0 saturated carbocycles. The number of phenols is 1. The van der Waals surface area contributed by atoms with E-state index in [0.29, 0.717) is 17.4 Å². The number of amidine groups is 1. The molecule has 0 unspecified atom stereocenters. The minimum absolute atomic E-state index is 0.166. The lowest BCUT2D eigenvalue weighted by atomic mass is 10.1. The van der Waals surface area contributed by atoms with Gasteiger partial charge in [-0.05, 0) is 55.1 Å². The average Bonchev–Trinajstić information content (AvgIpc) is 2.93. The lowest BCUT2D eigenvalue weighted by Crippen LogP contribution is -2.28. The highest BCUT2D eigenvalue weighted by atomic mass is 32.2. The number of hydrogen-bond donors (Lipinski definition) is 1. The van der Waals surface area contributed by atoms with Crippen LogP contribution in [-0.2, 0) is 4.79 Å². The van der Waals surface area contributed by atoms with Crippen molar-refractivity contribution in [1.82, 2.24) is 4.90 Å². The van der Waals surface area contributed by atoms with Crippen molar-refractivity contribution in [3.8, 4) is 5.75 Å². The third-order valence-corrected chi connectivity index (χ3v) is 4.77. The summed E-state index contributed by atoms with van der Waals surface area (Å²) < 4.78 is 13.0. The summed E-state index contributed by atoms with van der Waals surface area (Å²) in [6.07, 6.45) is 1.39. The van der Waals surface area contributed by atoms with Gasteiger partial charge >= 0.3 is 0 Å². The van der Waals surface area contributed by atoms with Crippen LogP contribution in [0.4, 0.5) is 15.8 Å². The first-order valence-corrected chi connectivity index (χ1v) is 8.73. The van der Waals surface area contributed by atoms with Gasteiger partial charge in [0.05, 0.1) is 15.5 Å². The first kappa shape index (κ1) is 18.6. The number of aromatic hydroxyl groups is 1. The van der Waals surface area contributed by atoms with E-state index in [1.165, 1.54) is 53.4 Å². The van der Waals surface area contributed by atoms with Crippen LogP contribution in [0.25, 0.3) is 6.08 Å². The molecule has 0 aromatic heterocycles. The van der Waals surface area contributed by atoms with E-state index >= 15 is 0 Å². The first-order valence-electron chi connectivity index (χ1n) is 7.92. The van der Waals surface area contributed by atoms with E-state index in [1.54, 1.807) is 6.92 Å². The Morgan fingerprint density at radius 2 is 2.00 bits per heavy atom. The van der Waals surface area contributed by atoms with Crippen molar-refractivity contribution in [3.05, 3.63) is 68.9 Å². The maximum atomic E-state index is 13.0. The summed E-state index contributed by atoms with van der Waals surface area (Å²) in [5.74, 6) is -0.883. The van der Waals surface area contributed by atoms with Crippen LogP contribution in [-0.4, -0.2) is 32.5 Å². The van der Waals surface area contributed by atoms with Gasteiger partial charge in [-0.3, -0.25) is 19.8 Å². The number of halogens is 1. The highest BCUT2D eigenvalue weighted by Gasteiger charge is 2.32. The van der Waals surface area contributed by atoms with Crippen LogP contribution in [0.5, 0.6) is 5.75 Å². The molecule has 0 spiro atoms. The SMILES string of the molecule is CCN1C(=O)/C(=C\c2cc([N+](=O)[O-])ccc2O)SC1=Nc1ccc(F)cc1. The molecule has 0 atom stereocenters. The van der Waals surface area contributed by atoms with Crippen molar-refractivity contribution >= 4 is 40.3 Å². The summed E-state index contributed by atoms with van der Waals surface area (Å²) in [7, 11) is 0. The van der Waals surface area contributed by atoms with Crippen molar-refractivity contribution in [1.29, 1.82) is 0 Å². The summed E-state index contributed by atoms with van der Waals surface area (Å²) in [5, 5.41) is 21.3. The zero-order chi connectivity index (χ0) is 19.6. The Morgan fingerprint density at radius 1 is 1.30 bits per heavy atom. The Kier molecular flexibility index (Phi) is 5.22. The second kappa shape index (κ2) is 7.58. The molecule has 7 nitrogen and oxygen atoms in total. The standard InChI is InChI=1S/C18H14FN3O4S/c1-2-21-17(24)16(10-11-9-14(22(25)26)7-8-15(11)23)27-18(21)20-13-5-3-12(19)4-6-13/h3-10,23H,2H2,1H3/b16-10+,20-18?. The third kappa shape index (κ3) is 3.98. The van der Waals surface area contributed by atoms with Crippen LogP contribution in [0, 0.1) is 15.9 Å². The van der Waals surface area contributed by atoms with Crippen LogP contribution in [0.1, 0.15) is 12.5 Å². The van der Waals surface area contributed by atoms with E-state index in [9.17, 15) is 24.4 Å². The maximum Gasteiger partial charge on any atom is 0.270 e. The molecular formula is C18H14FN3O4S. The van der Waals surface area contributed by atoms with E-state index in [-0.39, 0.29) is 33.6 Å². The van der Waals surface area contributed by atoms with Gasteiger partial charge in [-0.15, -0.1) is 0 Å². The molecule has 27 heavy (non-hydrogen) atoms. The minimum atomic E-state index is -0.579.